The highest BCUT2D eigenvalue weighted by Gasteiger charge is 2.29. The van der Waals surface area contributed by atoms with Crippen LogP contribution in [0.25, 0.3) is 4.96 Å². The number of sulfonamides is 1. The summed E-state index contributed by atoms with van der Waals surface area (Å²) >= 11 is 1.32. The standard InChI is InChI=1S/C10H14N4O3S3/c11-8-9(14-3-4-18-10(14)12-8)20(16,17)13-7-1-5-19(15)6-2-7/h3-4,7,13H,1-2,5-6,11H2. The van der Waals surface area contributed by atoms with Gasteiger partial charge in [0.1, 0.15) is 0 Å². The normalized spacial score (nSPS) is 24.2. The quantitative estimate of drug-likeness (QED) is 0.832. The van der Waals surface area contributed by atoms with Gasteiger partial charge >= 0.3 is 0 Å². The molecule has 0 bridgehead atoms. The minimum Gasteiger partial charge on any atom is -0.381 e. The Labute approximate surface area is 122 Å². The molecule has 7 nitrogen and oxygen atoms in total. The van der Waals surface area contributed by atoms with Gasteiger partial charge in [0.15, 0.2) is 15.8 Å². The second-order valence-corrected chi connectivity index (χ2v) is 8.80. The Morgan fingerprint density at radius 1 is 1.45 bits per heavy atom. The Balaban J connectivity index is 1.90. The number of nitrogens with zero attached hydrogens (tertiary/aromatic N) is 2. The fourth-order valence-electron chi connectivity index (χ4n) is 2.24. The summed E-state index contributed by atoms with van der Waals surface area (Å²) < 4.78 is 40.3. The maximum Gasteiger partial charge on any atom is 0.260 e. The van der Waals surface area contributed by atoms with E-state index in [1.165, 1.54) is 15.7 Å². The summed E-state index contributed by atoms with van der Waals surface area (Å²) in [4.78, 5) is 4.58. The monoisotopic (exact) mass is 334 g/mol. The van der Waals surface area contributed by atoms with Crippen molar-refractivity contribution in [3.63, 3.8) is 0 Å². The zero-order chi connectivity index (χ0) is 14.3. The molecule has 3 rings (SSSR count). The van der Waals surface area contributed by atoms with Crippen LogP contribution in [-0.4, -0.2) is 39.6 Å². The van der Waals surface area contributed by atoms with Crippen molar-refractivity contribution in [1.82, 2.24) is 14.1 Å². The van der Waals surface area contributed by atoms with E-state index in [2.05, 4.69) is 9.71 Å². The summed E-state index contributed by atoms with van der Waals surface area (Å²) in [6, 6.07) is -0.193. The summed E-state index contributed by atoms with van der Waals surface area (Å²) in [5.74, 6) is 1.06. The number of nitrogens with one attached hydrogen (secondary N) is 1. The van der Waals surface area contributed by atoms with Gasteiger partial charge in [-0.3, -0.25) is 8.61 Å². The van der Waals surface area contributed by atoms with Crippen LogP contribution >= 0.6 is 11.3 Å². The maximum atomic E-state index is 12.5. The molecule has 0 saturated carbocycles. The van der Waals surface area contributed by atoms with Gasteiger partial charge in [-0.15, -0.1) is 11.3 Å². The van der Waals surface area contributed by atoms with Crippen molar-refractivity contribution < 1.29 is 12.6 Å². The molecule has 0 unspecified atom stereocenters. The van der Waals surface area contributed by atoms with E-state index in [1.54, 1.807) is 11.6 Å². The van der Waals surface area contributed by atoms with Gasteiger partial charge in [-0.2, -0.15) is 0 Å². The number of thiazole rings is 1. The number of fused-ring (bicyclic) bond motifs is 1. The van der Waals surface area contributed by atoms with E-state index in [1.807, 2.05) is 0 Å². The van der Waals surface area contributed by atoms with E-state index < -0.39 is 20.8 Å². The zero-order valence-corrected chi connectivity index (χ0v) is 12.9. The van der Waals surface area contributed by atoms with Crippen LogP contribution in [0.4, 0.5) is 5.82 Å². The summed E-state index contributed by atoms with van der Waals surface area (Å²) in [7, 11) is -4.55. The second kappa shape index (κ2) is 5.10. The molecular formula is C10H14N4O3S3. The number of aromatic nitrogens is 2. The third kappa shape index (κ3) is 2.48. The first-order valence-electron chi connectivity index (χ1n) is 6.06. The molecule has 10 heteroatoms. The van der Waals surface area contributed by atoms with Gasteiger partial charge in [-0.1, -0.05) is 0 Å². The van der Waals surface area contributed by atoms with Gasteiger partial charge in [-0.25, -0.2) is 18.1 Å². The average molecular weight is 334 g/mol. The highest BCUT2D eigenvalue weighted by Crippen LogP contribution is 2.24. The summed E-state index contributed by atoms with van der Waals surface area (Å²) in [5, 5.41) is 1.74. The van der Waals surface area contributed by atoms with Gasteiger partial charge in [-0.05, 0) is 12.8 Å². The lowest BCUT2D eigenvalue weighted by molar-refractivity contribution is 0.519. The third-order valence-corrected chi connectivity index (χ3v) is 6.91. The summed E-state index contributed by atoms with van der Waals surface area (Å²) in [6.45, 7) is 0. The minimum atomic E-state index is -3.73. The van der Waals surface area contributed by atoms with Crippen LogP contribution in [0.2, 0.25) is 0 Å². The Bertz CT molecular complexity index is 754. The lowest BCUT2D eigenvalue weighted by Gasteiger charge is -2.22. The molecule has 1 aliphatic heterocycles. The molecule has 1 fully saturated rings. The molecule has 3 N–H and O–H groups in total. The number of anilines is 1. The van der Waals surface area contributed by atoms with Gasteiger partial charge in [0.05, 0.1) is 0 Å². The number of nitrogen functional groups attached to an aromatic ring is 1. The van der Waals surface area contributed by atoms with Gasteiger partial charge in [0.2, 0.25) is 0 Å². The van der Waals surface area contributed by atoms with Crippen molar-refractivity contribution in [2.45, 2.75) is 23.9 Å². The molecule has 2 aromatic rings. The summed E-state index contributed by atoms with van der Waals surface area (Å²) in [6.07, 6.45) is 2.79. The van der Waals surface area contributed by atoms with Crippen LogP contribution in [0, 0.1) is 0 Å². The average Bonchev–Trinajstić information content (AvgIpc) is 2.91. The molecule has 1 saturated heterocycles. The van der Waals surface area contributed by atoms with E-state index >= 15 is 0 Å². The zero-order valence-electron chi connectivity index (χ0n) is 10.5. The van der Waals surface area contributed by atoms with Crippen LogP contribution in [-0.2, 0) is 20.8 Å². The van der Waals surface area contributed by atoms with E-state index in [0.29, 0.717) is 29.3 Å². The minimum absolute atomic E-state index is 0.00346. The lowest BCUT2D eigenvalue weighted by atomic mass is 10.2. The van der Waals surface area contributed by atoms with Gasteiger partial charge in [0.25, 0.3) is 10.0 Å². The molecule has 0 spiro atoms. The van der Waals surface area contributed by atoms with E-state index in [-0.39, 0.29) is 16.9 Å². The lowest BCUT2D eigenvalue weighted by Crippen LogP contribution is -2.40. The van der Waals surface area contributed by atoms with Gasteiger partial charge < -0.3 is 5.73 Å². The van der Waals surface area contributed by atoms with E-state index in [0.717, 1.165) is 0 Å². The van der Waals surface area contributed by atoms with E-state index in [9.17, 15) is 12.6 Å². The number of hydrogen-bond donors (Lipinski definition) is 2. The van der Waals surface area contributed by atoms with Crippen molar-refractivity contribution in [2.75, 3.05) is 17.2 Å². The topological polar surface area (TPSA) is 107 Å². The fourth-order valence-corrected chi connectivity index (χ4v) is 5.83. The predicted octanol–water partition coefficient (Wildman–Crippen LogP) is 0.167. The van der Waals surface area contributed by atoms with Crippen LogP contribution in [0.15, 0.2) is 16.6 Å². The molecule has 0 atom stereocenters. The van der Waals surface area contributed by atoms with Crippen molar-refractivity contribution in [3.05, 3.63) is 11.6 Å². The van der Waals surface area contributed by atoms with Gasteiger partial charge in [0, 0.05) is 39.9 Å². The van der Waals surface area contributed by atoms with Crippen LogP contribution in [0.1, 0.15) is 12.8 Å². The van der Waals surface area contributed by atoms with Crippen molar-refractivity contribution in [2.24, 2.45) is 0 Å². The maximum absolute atomic E-state index is 12.5. The Morgan fingerprint density at radius 3 is 2.85 bits per heavy atom. The SMILES string of the molecule is Nc1nc2sccn2c1S(=O)(=O)NC1CCS(=O)CC1. The van der Waals surface area contributed by atoms with Crippen LogP contribution < -0.4 is 10.5 Å². The number of nitrogens with two attached hydrogens (primary N) is 1. The smallest absolute Gasteiger partial charge is 0.260 e. The fraction of sp³-hybridized carbons (Fsp3) is 0.500. The van der Waals surface area contributed by atoms with Crippen molar-refractivity contribution in [3.8, 4) is 0 Å². The van der Waals surface area contributed by atoms with Crippen molar-refractivity contribution >= 4 is 42.9 Å². The van der Waals surface area contributed by atoms with Crippen LogP contribution in [0.3, 0.4) is 0 Å². The first kappa shape index (κ1) is 14.0. The van der Waals surface area contributed by atoms with E-state index in [4.69, 9.17) is 5.73 Å². The Kier molecular flexibility index (Phi) is 3.56. The second-order valence-electron chi connectivity index (χ2n) is 4.60. The molecule has 110 valence electrons. The molecule has 1 aliphatic rings. The molecular weight excluding hydrogens is 320 g/mol. The Morgan fingerprint density at radius 2 is 2.15 bits per heavy atom. The molecule has 20 heavy (non-hydrogen) atoms. The predicted molar refractivity (Wildman–Crippen MR) is 78.7 cm³/mol. The molecule has 2 aromatic heterocycles. The number of rotatable bonds is 3. The van der Waals surface area contributed by atoms with Crippen molar-refractivity contribution in [1.29, 1.82) is 0 Å². The molecule has 0 aliphatic carbocycles. The first-order chi connectivity index (χ1) is 9.47. The Hall–Kier alpha value is -0.970. The molecule has 0 radical (unpaired) electrons. The number of hydrogen-bond acceptors (Lipinski definition) is 6. The highest BCUT2D eigenvalue weighted by molar-refractivity contribution is 7.89. The third-order valence-electron chi connectivity index (χ3n) is 3.21. The summed E-state index contributed by atoms with van der Waals surface area (Å²) in [5.41, 5.74) is 5.72. The number of imidazole rings is 1. The highest BCUT2D eigenvalue weighted by atomic mass is 32.2. The van der Waals surface area contributed by atoms with Crippen LogP contribution in [0.5, 0.6) is 0 Å². The molecule has 3 heterocycles. The molecule has 0 amide bonds. The molecule has 0 aromatic carbocycles. The largest absolute Gasteiger partial charge is 0.381 e. The first-order valence-corrected chi connectivity index (χ1v) is 9.91.